The van der Waals surface area contributed by atoms with Crippen molar-refractivity contribution in [2.24, 2.45) is 0 Å². The average molecular weight is 361 g/mol. The molecule has 2 N–H and O–H groups in total. The maximum absolute atomic E-state index is 4.59. The summed E-state index contributed by atoms with van der Waals surface area (Å²) in [4.78, 5) is 11.3. The molecule has 0 saturated carbocycles. The van der Waals surface area contributed by atoms with Crippen LogP contribution in [0, 0.1) is 13.8 Å². The molecule has 0 aliphatic rings. The van der Waals surface area contributed by atoms with Gasteiger partial charge in [-0.25, -0.2) is 4.98 Å². The van der Waals surface area contributed by atoms with Gasteiger partial charge in [0.1, 0.15) is 5.82 Å². The third-order valence-electron chi connectivity index (χ3n) is 4.65. The summed E-state index contributed by atoms with van der Waals surface area (Å²) in [6.45, 7) is 10.5. The van der Waals surface area contributed by atoms with Crippen molar-refractivity contribution in [3.63, 3.8) is 0 Å². The van der Waals surface area contributed by atoms with Gasteiger partial charge in [-0.05, 0) is 69.2 Å². The van der Waals surface area contributed by atoms with Gasteiger partial charge in [-0.2, -0.15) is 4.98 Å². The number of hydrogen-bond donors (Lipinski definition) is 2. The van der Waals surface area contributed by atoms with Crippen LogP contribution < -0.4 is 15.5 Å². The van der Waals surface area contributed by atoms with Crippen molar-refractivity contribution in [2.45, 2.75) is 27.7 Å². The molecular formula is C22H27N5. The SMILES string of the molecule is CCN(CC)c1ccc(Nc2ccnc(Nc3ccccc3C)n2)c(C)c1. The Morgan fingerprint density at radius 1 is 0.852 bits per heavy atom. The highest BCUT2D eigenvalue weighted by Gasteiger charge is 2.07. The largest absolute Gasteiger partial charge is 0.372 e. The monoisotopic (exact) mass is 361 g/mol. The Balaban J connectivity index is 1.77. The van der Waals surface area contributed by atoms with E-state index in [2.05, 4.69) is 77.5 Å². The van der Waals surface area contributed by atoms with Crippen LogP contribution in [0.5, 0.6) is 0 Å². The van der Waals surface area contributed by atoms with Crippen LogP contribution in [0.2, 0.25) is 0 Å². The molecule has 3 aromatic rings. The molecule has 1 aromatic heterocycles. The van der Waals surface area contributed by atoms with E-state index in [-0.39, 0.29) is 0 Å². The van der Waals surface area contributed by atoms with Gasteiger partial charge >= 0.3 is 0 Å². The Morgan fingerprint density at radius 3 is 2.30 bits per heavy atom. The highest BCUT2D eigenvalue weighted by atomic mass is 15.1. The summed E-state index contributed by atoms with van der Waals surface area (Å²) >= 11 is 0. The minimum absolute atomic E-state index is 0.576. The van der Waals surface area contributed by atoms with E-state index in [4.69, 9.17) is 0 Å². The van der Waals surface area contributed by atoms with Gasteiger partial charge in [0.25, 0.3) is 0 Å². The Labute approximate surface area is 161 Å². The molecule has 0 aliphatic heterocycles. The van der Waals surface area contributed by atoms with E-state index in [9.17, 15) is 0 Å². The van der Waals surface area contributed by atoms with Crippen molar-refractivity contribution in [1.29, 1.82) is 0 Å². The Hall–Kier alpha value is -3.08. The molecule has 0 amide bonds. The van der Waals surface area contributed by atoms with Gasteiger partial charge in [0, 0.05) is 36.3 Å². The Morgan fingerprint density at radius 2 is 1.59 bits per heavy atom. The van der Waals surface area contributed by atoms with Crippen molar-refractivity contribution in [2.75, 3.05) is 28.6 Å². The molecule has 0 unspecified atom stereocenters. The molecule has 5 heteroatoms. The normalized spacial score (nSPS) is 10.5. The van der Waals surface area contributed by atoms with Crippen molar-refractivity contribution in [3.05, 3.63) is 65.9 Å². The fourth-order valence-corrected chi connectivity index (χ4v) is 3.03. The van der Waals surface area contributed by atoms with E-state index in [0.717, 1.165) is 35.8 Å². The summed E-state index contributed by atoms with van der Waals surface area (Å²) in [5.41, 5.74) is 5.64. The van der Waals surface area contributed by atoms with Gasteiger partial charge in [0.2, 0.25) is 5.95 Å². The van der Waals surface area contributed by atoms with Crippen LogP contribution >= 0.6 is 0 Å². The first-order valence-corrected chi connectivity index (χ1v) is 9.39. The van der Waals surface area contributed by atoms with Gasteiger partial charge < -0.3 is 15.5 Å². The van der Waals surface area contributed by atoms with Crippen LogP contribution in [-0.2, 0) is 0 Å². The van der Waals surface area contributed by atoms with Gasteiger partial charge in [-0.15, -0.1) is 0 Å². The van der Waals surface area contributed by atoms with E-state index < -0.39 is 0 Å². The summed E-state index contributed by atoms with van der Waals surface area (Å²) in [5, 5.41) is 6.69. The first kappa shape index (κ1) is 18.7. The van der Waals surface area contributed by atoms with Gasteiger partial charge in [-0.1, -0.05) is 18.2 Å². The van der Waals surface area contributed by atoms with Crippen LogP contribution in [0.1, 0.15) is 25.0 Å². The van der Waals surface area contributed by atoms with Crippen LogP contribution in [-0.4, -0.2) is 23.1 Å². The van der Waals surface area contributed by atoms with Crippen molar-refractivity contribution >= 4 is 28.8 Å². The molecule has 0 atom stereocenters. The second-order valence-corrected chi connectivity index (χ2v) is 6.50. The number of hydrogen-bond acceptors (Lipinski definition) is 5. The lowest BCUT2D eigenvalue weighted by Gasteiger charge is -2.22. The van der Waals surface area contributed by atoms with Gasteiger partial charge in [0.05, 0.1) is 0 Å². The van der Waals surface area contributed by atoms with Crippen molar-refractivity contribution < 1.29 is 0 Å². The molecular weight excluding hydrogens is 334 g/mol. The molecule has 0 saturated heterocycles. The Kier molecular flexibility index (Phi) is 5.91. The first-order chi connectivity index (χ1) is 13.1. The average Bonchev–Trinajstić information content (AvgIpc) is 2.67. The quantitative estimate of drug-likeness (QED) is 0.588. The third-order valence-corrected chi connectivity index (χ3v) is 4.65. The number of anilines is 5. The lowest BCUT2D eigenvalue weighted by atomic mass is 10.1. The van der Waals surface area contributed by atoms with Gasteiger partial charge in [0.15, 0.2) is 0 Å². The topological polar surface area (TPSA) is 53.1 Å². The molecule has 0 spiro atoms. The minimum atomic E-state index is 0.576. The second kappa shape index (κ2) is 8.54. The number of rotatable bonds is 7. The number of aryl methyl sites for hydroxylation is 2. The smallest absolute Gasteiger partial charge is 0.229 e. The molecule has 0 bridgehead atoms. The molecule has 5 nitrogen and oxygen atoms in total. The van der Waals surface area contributed by atoms with Crippen molar-refractivity contribution in [1.82, 2.24) is 9.97 Å². The zero-order valence-corrected chi connectivity index (χ0v) is 16.5. The lowest BCUT2D eigenvalue weighted by Crippen LogP contribution is -2.21. The minimum Gasteiger partial charge on any atom is -0.372 e. The third kappa shape index (κ3) is 4.56. The van der Waals surface area contributed by atoms with Crippen molar-refractivity contribution in [3.8, 4) is 0 Å². The number of benzene rings is 2. The maximum atomic E-state index is 4.59. The van der Waals surface area contributed by atoms with E-state index in [1.54, 1.807) is 6.20 Å². The van der Waals surface area contributed by atoms with E-state index in [1.807, 2.05) is 24.3 Å². The number of nitrogens with one attached hydrogen (secondary N) is 2. The first-order valence-electron chi connectivity index (χ1n) is 9.39. The summed E-state index contributed by atoms with van der Waals surface area (Å²) in [7, 11) is 0. The summed E-state index contributed by atoms with van der Waals surface area (Å²) < 4.78 is 0. The van der Waals surface area contributed by atoms with Crippen LogP contribution in [0.15, 0.2) is 54.7 Å². The highest BCUT2D eigenvalue weighted by Crippen LogP contribution is 2.25. The predicted molar refractivity (Wildman–Crippen MR) is 115 cm³/mol. The highest BCUT2D eigenvalue weighted by molar-refractivity contribution is 5.66. The van der Waals surface area contributed by atoms with Crippen LogP contribution in [0.25, 0.3) is 0 Å². The molecule has 140 valence electrons. The molecule has 27 heavy (non-hydrogen) atoms. The Bertz CT molecular complexity index is 903. The molecule has 2 aromatic carbocycles. The number of para-hydroxylation sites is 1. The number of nitrogens with zero attached hydrogens (tertiary/aromatic N) is 3. The summed E-state index contributed by atoms with van der Waals surface area (Å²) in [6.07, 6.45) is 1.76. The van der Waals surface area contributed by atoms with E-state index in [1.165, 1.54) is 11.3 Å². The molecule has 0 radical (unpaired) electrons. The molecule has 0 fully saturated rings. The fraction of sp³-hybridized carbons (Fsp3) is 0.273. The van der Waals surface area contributed by atoms with E-state index >= 15 is 0 Å². The standard InChI is InChI=1S/C22H27N5/c1-5-27(6-2)18-11-12-20(17(4)15-18)24-21-13-14-23-22(26-21)25-19-10-8-7-9-16(19)3/h7-15H,5-6H2,1-4H3,(H2,23,24,25,26). The summed E-state index contributed by atoms with van der Waals surface area (Å²) in [5.74, 6) is 1.34. The molecule has 3 rings (SSSR count). The van der Waals surface area contributed by atoms with Gasteiger partial charge in [-0.3, -0.25) is 0 Å². The van der Waals surface area contributed by atoms with E-state index in [0.29, 0.717) is 5.95 Å². The van der Waals surface area contributed by atoms with Crippen LogP contribution in [0.4, 0.5) is 28.8 Å². The number of aromatic nitrogens is 2. The second-order valence-electron chi connectivity index (χ2n) is 6.50. The molecule has 1 heterocycles. The summed E-state index contributed by atoms with van der Waals surface area (Å²) in [6, 6.07) is 16.4. The molecule has 0 aliphatic carbocycles. The zero-order chi connectivity index (χ0) is 19.2. The lowest BCUT2D eigenvalue weighted by molar-refractivity contribution is 0.866. The van der Waals surface area contributed by atoms with Crippen LogP contribution in [0.3, 0.4) is 0 Å². The predicted octanol–water partition coefficient (Wildman–Crippen LogP) is 5.43. The zero-order valence-electron chi connectivity index (χ0n) is 16.5. The maximum Gasteiger partial charge on any atom is 0.229 e. The fourth-order valence-electron chi connectivity index (χ4n) is 3.03.